The molecule has 0 aromatic heterocycles. The summed E-state index contributed by atoms with van der Waals surface area (Å²) in [7, 11) is -2.69. The van der Waals surface area contributed by atoms with Crippen LogP contribution in [0, 0.1) is 5.92 Å². The molecule has 1 saturated heterocycles. The minimum absolute atomic E-state index is 0.0392. The van der Waals surface area contributed by atoms with Gasteiger partial charge in [0, 0.05) is 19.1 Å². The Hall–Kier alpha value is -1.76. The molecule has 1 aliphatic rings. The van der Waals surface area contributed by atoms with Crippen LogP contribution in [-0.4, -0.2) is 45.6 Å². The number of hydrogen-bond acceptors (Lipinski definition) is 4. The highest BCUT2D eigenvalue weighted by molar-refractivity contribution is 6.99. The van der Waals surface area contributed by atoms with Crippen LogP contribution in [-0.2, 0) is 13.9 Å². The number of rotatable bonds is 10. The molecule has 0 radical (unpaired) electrons. The van der Waals surface area contributed by atoms with Gasteiger partial charge < -0.3 is 19.0 Å². The maximum absolute atomic E-state index is 10.4. The molecular formula is C28H40O4Si. The quantitative estimate of drug-likeness (QED) is 0.407. The molecule has 1 heterocycles. The van der Waals surface area contributed by atoms with Crippen molar-refractivity contribution >= 4 is 18.7 Å². The Bertz CT molecular complexity index is 817. The Labute approximate surface area is 200 Å². The Morgan fingerprint density at radius 1 is 1.06 bits per heavy atom. The molecule has 0 spiro atoms. The molecule has 2 aromatic carbocycles. The minimum Gasteiger partial charge on any atom is -0.407 e. The lowest BCUT2D eigenvalue weighted by Gasteiger charge is -2.44. The molecule has 33 heavy (non-hydrogen) atoms. The zero-order valence-corrected chi connectivity index (χ0v) is 21.6. The molecule has 3 atom stereocenters. The minimum atomic E-state index is -2.69. The molecule has 1 fully saturated rings. The predicted octanol–water partition coefficient (Wildman–Crippen LogP) is 4.66. The first-order valence-corrected chi connectivity index (χ1v) is 14.0. The first-order chi connectivity index (χ1) is 15.8. The average molecular weight is 469 g/mol. The normalized spacial score (nSPS) is 19.1. The lowest BCUT2D eigenvalue weighted by atomic mass is 9.99. The van der Waals surface area contributed by atoms with Gasteiger partial charge in [-0.3, -0.25) is 0 Å². The second kappa shape index (κ2) is 11.6. The second-order valence-electron chi connectivity index (χ2n) is 10.1. The molecule has 1 aliphatic heterocycles. The van der Waals surface area contributed by atoms with E-state index in [1.165, 1.54) is 10.4 Å². The van der Waals surface area contributed by atoms with Gasteiger partial charge in [-0.15, -0.1) is 0 Å². The number of aliphatic hydroxyl groups is 1. The van der Waals surface area contributed by atoms with Gasteiger partial charge in [-0.25, -0.2) is 0 Å². The van der Waals surface area contributed by atoms with Crippen molar-refractivity contribution in [3.63, 3.8) is 0 Å². The monoisotopic (exact) mass is 468 g/mol. The first-order valence-electron chi connectivity index (χ1n) is 12.1. The highest BCUT2D eigenvalue weighted by atomic mass is 28.4. The summed E-state index contributed by atoms with van der Waals surface area (Å²) >= 11 is 0. The summed E-state index contributed by atoms with van der Waals surface area (Å²) in [6.45, 7) is 14.0. The Kier molecular flexibility index (Phi) is 9.07. The maximum Gasteiger partial charge on any atom is 0.261 e. The van der Waals surface area contributed by atoms with Crippen molar-refractivity contribution < 1.29 is 19.0 Å². The number of ether oxygens (including phenoxy) is 2. The zero-order chi connectivity index (χ0) is 23.9. The molecule has 4 nitrogen and oxygen atoms in total. The molecular weight excluding hydrogens is 428 g/mol. The molecule has 0 amide bonds. The summed E-state index contributed by atoms with van der Waals surface area (Å²) in [6, 6.07) is 21.1. The van der Waals surface area contributed by atoms with E-state index in [4.69, 9.17) is 13.9 Å². The van der Waals surface area contributed by atoms with E-state index in [1.807, 2.05) is 19.1 Å². The third-order valence-electron chi connectivity index (χ3n) is 6.52. The smallest absolute Gasteiger partial charge is 0.261 e. The topological polar surface area (TPSA) is 47.9 Å². The maximum atomic E-state index is 10.4. The van der Waals surface area contributed by atoms with Gasteiger partial charge >= 0.3 is 0 Å². The van der Waals surface area contributed by atoms with Crippen molar-refractivity contribution in [2.24, 2.45) is 5.92 Å². The van der Waals surface area contributed by atoms with Crippen molar-refractivity contribution in [2.45, 2.75) is 64.4 Å². The van der Waals surface area contributed by atoms with Crippen LogP contribution in [0.15, 0.2) is 72.8 Å². The second-order valence-corrected chi connectivity index (χ2v) is 14.4. The third kappa shape index (κ3) is 6.03. The van der Waals surface area contributed by atoms with Crippen molar-refractivity contribution in [1.82, 2.24) is 0 Å². The fraction of sp³-hybridized carbons (Fsp3) is 0.500. The molecule has 1 N–H and O–H groups in total. The van der Waals surface area contributed by atoms with E-state index in [9.17, 15) is 5.11 Å². The molecule has 1 unspecified atom stereocenters. The molecule has 0 aliphatic carbocycles. The van der Waals surface area contributed by atoms with Gasteiger partial charge in [0.15, 0.2) is 6.29 Å². The number of benzene rings is 2. The van der Waals surface area contributed by atoms with Crippen LogP contribution in [0.5, 0.6) is 0 Å². The van der Waals surface area contributed by atoms with E-state index in [0.717, 1.165) is 31.4 Å². The summed E-state index contributed by atoms with van der Waals surface area (Å²) < 4.78 is 19.2. The van der Waals surface area contributed by atoms with Crippen LogP contribution in [0.3, 0.4) is 0 Å². The molecule has 3 rings (SSSR count). The summed E-state index contributed by atoms with van der Waals surface area (Å²) in [4.78, 5) is 0. The predicted molar refractivity (Wildman–Crippen MR) is 137 cm³/mol. The van der Waals surface area contributed by atoms with Crippen molar-refractivity contribution in [3.05, 3.63) is 72.8 Å². The molecule has 0 saturated carbocycles. The summed E-state index contributed by atoms with van der Waals surface area (Å²) in [6.07, 6.45) is 2.46. The van der Waals surface area contributed by atoms with Gasteiger partial charge in [-0.05, 0) is 41.6 Å². The van der Waals surface area contributed by atoms with E-state index in [1.54, 1.807) is 0 Å². The Morgan fingerprint density at radius 2 is 1.64 bits per heavy atom. The standard InChI is InChI=1S/C28H40O4Si/c1-22(2)27(32-26-18-12-13-19-30-26)23(20-29)21-31-33(28(3,4)5,24-14-8-6-9-15-24)25-16-10-7-11-17-25/h6-11,14-17,23,26-27,29H,1,12-13,18-21H2,2-5H3/t23-,26?,27+/m1/s1. The summed E-state index contributed by atoms with van der Waals surface area (Å²) in [5.74, 6) is -0.227. The van der Waals surface area contributed by atoms with Gasteiger partial charge in [0.05, 0.1) is 12.7 Å². The van der Waals surface area contributed by atoms with Crippen LogP contribution in [0.2, 0.25) is 5.04 Å². The molecule has 5 heteroatoms. The lowest BCUT2D eigenvalue weighted by Crippen LogP contribution is -2.67. The Morgan fingerprint density at radius 3 is 2.06 bits per heavy atom. The number of hydrogen-bond donors (Lipinski definition) is 1. The van der Waals surface area contributed by atoms with E-state index in [0.29, 0.717) is 6.61 Å². The summed E-state index contributed by atoms with van der Waals surface area (Å²) in [5, 5.41) is 12.7. The largest absolute Gasteiger partial charge is 0.407 e. The van der Waals surface area contributed by atoms with Gasteiger partial charge in [-0.2, -0.15) is 0 Å². The highest BCUT2D eigenvalue weighted by Gasteiger charge is 2.50. The highest BCUT2D eigenvalue weighted by Crippen LogP contribution is 2.37. The van der Waals surface area contributed by atoms with Crippen LogP contribution in [0.4, 0.5) is 0 Å². The lowest BCUT2D eigenvalue weighted by molar-refractivity contribution is -0.194. The van der Waals surface area contributed by atoms with Crippen LogP contribution in [0.1, 0.15) is 47.0 Å². The Balaban J connectivity index is 1.94. The van der Waals surface area contributed by atoms with E-state index < -0.39 is 8.32 Å². The third-order valence-corrected chi connectivity index (χ3v) is 11.5. The molecule has 0 bridgehead atoms. The van der Waals surface area contributed by atoms with E-state index in [2.05, 4.69) is 75.9 Å². The van der Waals surface area contributed by atoms with Gasteiger partial charge in [0.2, 0.25) is 0 Å². The van der Waals surface area contributed by atoms with Gasteiger partial charge in [-0.1, -0.05) is 93.6 Å². The van der Waals surface area contributed by atoms with Crippen LogP contribution in [0.25, 0.3) is 0 Å². The van der Waals surface area contributed by atoms with Crippen molar-refractivity contribution in [2.75, 3.05) is 19.8 Å². The number of aliphatic hydroxyl groups excluding tert-OH is 1. The zero-order valence-electron chi connectivity index (χ0n) is 20.6. The molecule has 2 aromatic rings. The average Bonchev–Trinajstić information content (AvgIpc) is 2.82. The first kappa shape index (κ1) is 25.9. The van der Waals surface area contributed by atoms with Gasteiger partial charge in [0.1, 0.15) is 0 Å². The van der Waals surface area contributed by atoms with Crippen LogP contribution >= 0.6 is 0 Å². The fourth-order valence-electron chi connectivity index (χ4n) is 4.84. The summed E-state index contributed by atoms with van der Waals surface area (Å²) in [5.41, 5.74) is 0.884. The van der Waals surface area contributed by atoms with Gasteiger partial charge in [0.25, 0.3) is 8.32 Å². The SMILES string of the molecule is C=C(C)[C@H](OC1CCCCO1)[C@H](CO)CO[Si](c1ccccc1)(c1ccccc1)C(C)(C)C. The van der Waals surface area contributed by atoms with Crippen molar-refractivity contribution in [3.8, 4) is 0 Å². The fourth-order valence-corrected chi connectivity index (χ4v) is 9.46. The van der Waals surface area contributed by atoms with E-state index >= 15 is 0 Å². The molecule has 180 valence electrons. The van der Waals surface area contributed by atoms with Crippen molar-refractivity contribution in [1.29, 1.82) is 0 Å². The van der Waals surface area contributed by atoms with Crippen LogP contribution < -0.4 is 10.4 Å². The van der Waals surface area contributed by atoms with E-state index in [-0.39, 0.29) is 30.0 Å².